The first kappa shape index (κ1) is 21.1. The van der Waals surface area contributed by atoms with Gasteiger partial charge >= 0.3 is 5.97 Å². The first-order valence-electron chi connectivity index (χ1n) is 11.5. The Kier molecular flexibility index (Phi) is 4.70. The minimum Gasteiger partial charge on any atom is -0.495 e. The SMILES string of the molecule is COC(=O)CCn1c2ccn(C3C4(C)CCC(C4)C3(C)C)c(=O)c2c2cccc(OC)c21. The molecule has 6 nitrogen and oxygen atoms in total. The molecule has 5 rings (SSSR count). The Bertz CT molecular complexity index is 1280. The summed E-state index contributed by atoms with van der Waals surface area (Å²) < 4.78 is 14.5. The van der Waals surface area contributed by atoms with Gasteiger partial charge in [-0.15, -0.1) is 0 Å². The summed E-state index contributed by atoms with van der Waals surface area (Å²) in [6, 6.07) is 8.01. The molecule has 2 aromatic heterocycles. The minimum absolute atomic E-state index is 0.0458. The van der Waals surface area contributed by atoms with E-state index < -0.39 is 0 Å². The van der Waals surface area contributed by atoms with Crippen LogP contribution >= 0.6 is 0 Å². The molecule has 0 spiro atoms. The fraction of sp³-hybridized carbons (Fsp3) is 0.538. The third-order valence-electron chi connectivity index (χ3n) is 8.39. The molecule has 2 bridgehead atoms. The third kappa shape index (κ3) is 2.77. The summed E-state index contributed by atoms with van der Waals surface area (Å²) in [5.74, 6) is 1.07. The highest BCUT2D eigenvalue weighted by molar-refractivity contribution is 6.09. The lowest BCUT2D eigenvalue weighted by molar-refractivity contribution is -0.140. The number of aryl methyl sites for hydroxylation is 1. The Hall–Kier alpha value is -2.76. The number of para-hydroxylation sites is 1. The maximum absolute atomic E-state index is 14.1. The van der Waals surface area contributed by atoms with E-state index >= 15 is 0 Å². The zero-order valence-corrected chi connectivity index (χ0v) is 19.6. The van der Waals surface area contributed by atoms with E-state index in [-0.39, 0.29) is 34.8 Å². The Morgan fingerprint density at radius 1 is 1.19 bits per heavy atom. The number of pyridine rings is 1. The van der Waals surface area contributed by atoms with Crippen molar-refractivity contribution in [3.63, 3.8) is 0 Å². The summed E-state index contributed by atoms with van der Waals surface area (Å²) in [7, 11) is 3.03. The third-order valence-corrected chi connectivity index (χ3v) is 8.39. The number of methoxy groups -OCH3 is 2. The van der Waals surface area contributed by atoms with Crippen LogP contribution in [-0.2, 0) is 16.1 Å². The van der Waals surface area contributed by atoms with Gasteiger partial charge in [0.2, 0.25) is 0 Å². The largest absolute Gasteiger partial charge is 0.495 e. The summed E-state index contributed by atoms with van der Waals surface area (Å²) in [5.41, 5.74) is 1.95. The van der Waals surface area contributed by atoms with E-state index in [2.05, 4.69) is 20.8 Å². The van der Waals surface area contributed by atoms with Gasteiger partial charge in [-0.3, -0.25) is 9.59 Å². The van der Waals surface area contributed by atoms with Crippen molar-refractivity contribution in [3.05, 3.63) is 40.8 Å². The van der Waals surface area contributed by atoms with Crippen LogP contribution in [0.1, 0.15) is 52.5 Å². The number of benzene rings is 1. The second kappa shape index (κ2) is 7.12. The monoisotopic (exact) mass is 436 g/mol. The molecule has 0 amide bonds. The summed E-state index contributed by atoms with van der Waals surface area (Å²) >= 11 is 0. The molecule has 2 aliphatic rings. The number of carbonyl (C=O) groups excluding carboxylic acids is 1. The van der Waals surface area contributed by atoms with E-state index in [4.69, 9.17) is 9.47 Å². The maximum Gasteiger partial charge on any atom is 0.307 e. The molecule has 170 valence electrons. The lowest BCUT2D eigenvalue weighted by Gasteiger charge is -2.43. The average molecular weight is 437 g/mol. The standard InChI is InChI=1S/C26H32N2O4/c1-25(2)16-9-12-26(3,15-16)24(25)28-13-10-18-21(23(28)30)17-7-6-8-19(31-4)22(17)27(18)14-11-20(29)32-5/h6-8,10,13,16,24H,9,11-12,14-15H2,1-5H3. The van der Waals surface area contributed by atoms with Crippen molar-refractivity contribution in [2.75, 3.05) is 14.2 Å². The van der Waals surface area contributed by atoms with E-state index in [1.807, 2.05) is 39.6 Å². The van der Waals surface area contributed by atoms with Crippen LogP contribution < -0.4 is 10.3 Å². The van der Waals surface area contributed by atoms with Gasteiger partial charge in [0.15, 0.2) is 0 Å². The quantitative estimate of drug-likeness (QED) is 0.533. The zero-order chi connectivity index (χ0) is 22.8. The van der Waals surface area contributed by atoms with Crippen LogP contribution in [0.2, 0.25) is 0 Å². The smallest absolute Gasteiger partial charge is 0.307 e. The van der Waals surface area contributed by atoms with Gasteiger partial charge in [0.1, 0.15) is 5.75 Å². The zero-order valence-electron chi connectivity index (χ0n) is 19.6. The van der Waals surface area contributed by atoms with Crippen LogP contribution in [0.3, 0.4) is 0 Å². The number of ether oxygens (including phenoxy) is 2. The van der Waals surface area contributed by atoms with Gasteiger partial charge in [-0.1, -0.05) is 32.9 Å². The van der Waals surface area contributed by atoms with Crippen LogP contribution in [-0.4, -0.2) is 29.3 Å². The van der Waals surface area contributed by atoms with Crippen molar-refractivity contribution in [3.8, 4) is 5.75 Å². The normalized spacial score (nSPS) is 26.2. The number of esters is 1. The molecule has 3 aromatic rings. The predicted molar refractivity (Wildman–Crippen MR) is 125 cm³/mol. The van der Waals surface area contributed by atoms with Crippen molar-refractivity contribution in [1.29, 1.82) is 0 Å². The van der Waals surface area contributed by atoms with E-state index in [0.29, 0.717) is 23.6 Å². The first-order chi connectivity index (χ1) is 15.2. The molecule has 0 aliphatic heterocycles. The van der Waals surface area contributed by atoms with Crippen LogP contribution in [0.15, 0.2) is 35.3 Å². The van der Waals surface area contributed by atoms with Crippen LogP contribution in [0.5, 0.6) is 5.75 Å². The Morgan fingerprint density at radius 2 is 1.97 bits per heavy atom. The highest BCUT2D eigenvalue weighted by atomic mass is 16.5. The summed E-state index contributed by atoms with van der Waals surface area (Å²) in [6.07, 6.45) is 5.81. The lowest BCUT2D eigenvalue weighted by atomic mass is 9.68. The van der Waals surface area contributed by atoms with Crippen molar-refractivity contribution >= 4 is 27.8 Å². The Labute approximate surface area is 188 Å². The molecule has 32 heavy (non-hydrogen) atoms. The molecule has 3 atom stereocenters. The number of aromatic nitrogens is 2. The molecule has 2 fully saturated rings. The summed E-state index contributed by atoms with van der Waals surface area (Å²) in [6.45, 7) is 7.43. The molecular weight excluding hydrogens is 404 g/mol. The second-order valence-corrected chi connectivity index (χ2v) is 10.4. The van der Waals surface area contributed by atoms with Crippen molar-refractivity contribution in [2.45, 2.75) is 59.0 Å². The molecule has 2 saturated carbocycles. The van der Waals surface area contributed by atoms with Gasteiger partial charge < -0.3 is 18.6 Å². The molecule has 1 aromatic carbocycles. The van der Waals surface area contributed by atoms with Gasteiger partial charge in [0.25, 0.3) is 5.56 Å². The number of fused-ring (bicyclic) bond motifs is 5. The van der Waals surface area contributed by atoms with E-state index in [1.54, 1.807) is 7.11 Å². The molecule has 0 saturated heterocycles. The number of carbonyl (C=O) groups is 1. The predicted octanol–water partition coefficient (Wildman–Crippen LogP) is 4.92. The van der Waals surface area contributed by atoms with Crippen LogP contribution in [0.25, 0.3) is 21.8 Å². The van der Waals surface area contributed by atoms with E-state index in [0.717, 1.165) is 16.4 Å². The highest BCUT2D eigenvalue weighted by Crippen LogP contribution is 2.67. The summed E-state index contributed by atoms with van der Waals surface area (Å²) in [4.78, 5) is 25.9. The average Bonchev–Trinajstić information content (AvgIpc) is 3.38. The van der Waals surface area contributed by atoms with E-state index in [1.165, 1.54) is 26.4 Å². The lowest BCUT2D eigenvalue weighted by Crippen LogP contribution is -2.41. The summed E-state index contributed by atoms with van der Waals surface area (Å²) in [5, 5.41) is 1.57. The molecule has 3 unspecified atom stereocenters. The van der Waals surface area contributed by atoms with Gasteiger partial charge in [-0.2, -0.15) is 0 Å². The number of nitrogens with zero attached hydrogens (tertiary/aromatic N) is 2. The molecule has 6 heteroatoms. The van der Waals surface area contributed by atoms with Gasteiger partial charge in [0.05, 0.1) is 37.1 Å². The molecule has 2 aliphatic carbocycles. The van der Waals surface area contributed by atoms with Gasteiger partial charge in [-0.05, 0) is 48.1 Å². The van der Waals surface area contributed by atoms with Gasteiger partial charge in [0, 0.05) is 24.2 Å². The number of hydrogen-bond acceptors (Lipinski definition) is 4. The first-order valence-corrected chi connectivity index (χ1v) is 11.5. The van der Waals surface area contributed by atoms with Crippen molar-refractivity contribution < 1.29 is 14.3 Å². The van der Waals surface area contributed by atoms with Crippen molar-refractivity contribution in [2.24, 2.45) is 16.7 Å². The Morgan fingerprint density at radius 3 is 2.62 bits per heavy atom. The molecule has 0 N–H and O–H groups in total. The Balaban J connectivity index is 1.76. The molecular formula is C26H32N2O4. The van der Waals surface area contributed by atoms with E-state index in [9.17, 15) is 9.59 Å². The topological polar surface area (TPSA) is 62.5 Å². The minimum atomic E-state index is -0.278. The number of hydrogen-bond donors (Lipinski definition) is 0. The van der Waals surface area contributed by atoms with Gasteiger partial charge in [-0.25, -0.2) is 0 Å². The van der Waals surface area contributed by atoms with Crippen LogP contribution in [0.4, 0.5) is 0 Å². The fourth-order valence-corrected chi connectivity index (χ4v) is 7.02. The molecule has 2 heterocycles. The highest BCUT2D eigenvalue weighted by Gasteiger charge is 2.60. The van der Waals surface area contributed by atoms with Crippen LogP contribution in [0, 0.1) is 16.7 Å². The second-order valence-electron chi connectivity index (χ2n) is 10.4. The fourth-order valence-electron chi connectivity index (χ4n) is 7.02. The maximum atomic E-state index is 14.1. The van der Waals surface area contributed by atoms with Crippen molar-refractivity contribution in [1.82, 2.24) is 9.13 Å². The number of rotatable bonds is 5. The molecule has 0 radical (unpaired) electrons.